The van der Waals surface area contributed by atoms with Gasteiger partial charge in [-0.15, -0.1) is 0 Å². The van der Waals surface area contributed by atoms with Crippen LogP contribution in [0.2, 0.25) is 0 Å². The van der Waals surface area contributed by atoms with Gasteiger partial charge in [0.15, 0.2) is 0 Å². The maximum Gasteiger partial charge on any atom is 0.274 e. The van der Waals surface area contributed by atoms with Crippen molar-refractivity contribution in [3.05, 3.63) is 0 Å². The lowest BCUT2D eigenvalue weighted by molar-refractivity contribution is -0.329. The van der Waals surface area contributed by atoms with E-state index >= 15 is 0 Å². The molecule has 0 aromatic heterocycles. The molecule has 0 aromatic rings. The minimum Gasteiger partial charge on any atom is -0.549 e. The number of carbonyl (C=O) groups excluding carboxylic acids is 2. The Morgan fingerprint density at radius 3 is 1.45 bits per heavy atom. The monoisotopic (exact) mass is 344 g/mol. The maximum atomic E-state index is 11.5. The molecule has 0 aliphatic heterocycles. The Balaban J connectivity index is -0.00000180. The Hall–Kier alpha value is -1.23. The van der Waals surface area contributed by atoms with Crippen LogP contribution in [0.25, 0.3) is 0 Å². The topological polar surface area (TPSA) is 208 Å². The van der Waals surface area contributed by atoms with E-state index in [2.05, 4.69) is 0 Å². The number of hydrogen-bond acceptors (Lipinski definition) is 6. The molecular weight excluding hydrogens is 316 g/mol. The molecule has 0 fully saturated rings. The molecule has 0 rings (SSSR count). The van der Waals surface area contributed by atoms with Gasteiger partial charge in [0.05, 0.1) is 5.97 Å². The molecule has 0 saturated heterocycles. The molecule has 0 aliphatic rings. The molecule has 0 aliphatic carbocycles. The molecule has 134 valence electrons. The first-order chi connectivity index (χ1) is 8.84. The van der Waals surface area contributed by atoms with Crippen molar-refractivity contribution in [2.75, 3.05) is 0 Å². The van der Waals surface area contributed by atoms with Crippen LogP contribution in [0.3, 0.4) is 0 Å². The van der Waals surface area contributed by atoms with Crippen LogP contribution < -0.4 is 22.5 Å². The summed E-state index contributed by atoms with van der Waals surface area (Å²) in [5, 5.41) is 20.1. The summed E-state index contributed by atoms with van der Waals surface area (Å²) in [7, 11) is -5.14. The molecule has 10 heteroatoms. The van der Waals surface area contributed by atoms with Crippen molar-refractivity contribution in [3.63, 3.8) is 0 Å². The molecule has 22 heavy (non-hydrogen) atoms. The molecular formula is C12H28N2O7S. The van der Waals surface area contributed by atoms with Gasteiger partial charge in [-0.2, -0.15) is 8.42 Å². The molecule has 0 aromatic carbocycles. The average Bonchev–Trinajstić information content (AvgIpc) is 2.10. The molecule has 9 N–H and O–H groups in total. The Bertz CT molecular complexity index is 464. The number of hydrogen-bond donors (Lipinski definition) is 3. The SMILES string of the molecule is CC(C)CC(CC(C)C)(C(=O)[O-])C(C(=O)[O-])S(=O)(=O)O.[NH4+].[NH4+]. The van der Waals surface area contributed by atoms with E-state index in [1.807, 2.05) is 0 Å². The molecule has 1 atom stereocenters. The standard InChI is InChI=1S/C12H22O7S.2H3N/c1-7(2)5-12(11(15)16,6-8(3)4)9(10(13)14)20(17,18)19;;/h7-9H,5-6H2,1-4H3,(H,13,14)(H,15,16)(H,17,18,19);2*1H3. The van der Waals surface area contributed by atoms with Gasteiger partial charge in [0.2, 0.25) is 0 Å². The zero-order chi connectivity index (χ0) is 16.3. The van der Waals surface area contributed by atoms with Crippen LogP contribution in [0.1, 0.15) is 40.5 Å². The van der Waals surface area contributed by atoms with E-state index in [0.717, 1.165) is 0 Å². The third kappa shape index (κ3) is 6.26. The van der Waals surface area contributed by atoms with E-state index in [1.54, 1.807) is 27.7 Å². The summed E-state index contributed by atoms with van der Waals surface area (Å²) >= 11 is 0. The summed E-state index contributed by atoms with van der Waals surface area (Å²) in [5.41, 5.74) is -2.23. The zero-order valence-electron chi connectivity index (χ0n) is 14.0. The maximum absolute atomic E-state index is 11.5. The highest BCUT2D eigenvalue weighted by molar-refractivity contribution is 7.87. The molecule has 0 heterocycles. The normalized spacial score (nSPS) is 13.2. The summed E-state index contributed by atoms with van der Waals surface area (Å²) in [5.74, 6) is -4.57. The second kappa shape index (κ2) is 9.03. The van der Waals surface area contributed by atoms with Crippen LogP contribution in [0.4, 0.5) is 0 Å². The van der Waals surface area contributed by atoms with Crippen molar-refractivity contribution < 1.29 is 32.8 Å². The second-order valence-corrected chi connectivity index (χ2v) is 7.35. The van der Waals surface area contributed by atoms with Gasteiger partial charge in [0, 0.05) is 11.4 Å². The highest BCUT2D eigenvalue weighted by atomic mass is 32.2. The fourth-order valence-corrected chi connectivity index (χ4v) is 3.76. The zero-order valence-corrected chi connectivity index (χ0v) is 14.8. The number of quaternary nitrogens is 2. The molecule has 0 amide bonds. The summed E-state index contributed by atoms with van der Waals surface area (Å²) in [6.07, 6.45) is -0.516. The largest absolute Gasteiger partial charge is 0.549 e. The molecule has 0 saturated carbocycles. The fourth-order valence-electron chi connectivity index (χ4n) is 2.66. The lowest BCUT2D eigenvalue weighted by atomic mass is 9.71. The Labute approximate surface area is 131 Å². The highest BCUT2D eigenvalue weighted by Crippen LogP contribution is 2.39. The van der Waals surface area contributed by atoms with Gasteiger partial charge in [-0.3, -0.25) is 4.55 Å². The first kappa shape index (κ1) is 25.7. The summed E-state index contributed by atoms with van der Waals surface area (Å²) in [4.78, 5) is 22.6. The van der Waals surface area contributed by atoms with Crippen LogP contribution in [0.5, 0.6) is 0 Å². The van der Waals surface area contributed by atoms with Gasteiger partial charge in [-0.1, -0.05) is 27.7 Å². The van der Waals surface area contributed by atoms with Gasteiger partial charge in [0.25, 0.3) is 10.1 Å². The predicted octanol–water partition coefficient (Wildman–Crippen LogP) is -0.426. The second-order valence-electron chi connectivity index (χ2n) is 5.85. The Morgan fingerprint density at radius 2 is 1.32 bits per heavy atom. The lowest BCUT2D eigenvalue weighted by Crippen LogP contribution is -2.60. The van der Waals surface area contributed by atoms with E-state index in [9.17, 15) is 28.2 Å². The average molecular weight is 344 g/mol. The van der Waals surface area contributed by atoms with E-state index in [0.29, 0.717) is 0 Å². The van der Waals surface area contributed by atoms with Crippen LogP contribution in [0.15, 0.2) is 0 Å². The van der Waals surface area contributed by atoms with Crippen LogP contribution in [-0.4, -0.2) is 30.2 Å². The van der Waals surface area contributed by atoms with Gasteiger partial charge < -0.3 is 32.1 Å². The lowest BCUT2D eigenvalue weighted by Gasteiger charge is -2.42. The van der Waals surface area contributed by atoms with Crippen molar-refractivity contribution >= 4 is 22.1 Å². The molecule has 1 unspecified atom stereocenters. The van der Waals surface area contributed by atoms with Crippen molar-refractivity contribution in [2.45, 2.75) is 45.8 Å². The molecule has 0 radical (unpaired) electrons. The summed E-state index contributed by atoms with van der Waals surface area (Å²) in [6.45, 7) is 6.48. The quantitative estimate of drug-likeness (QED) is 0.494. The number of rotatable bonds is 8. The van der Waals surface area contributed by atoms with E-state index < -0.39 is 32.7 Å². The number of carboxylic acid groups (broad SMARTS) is 2. The van der Waals surface area contributed by atoms with Crippen molar-refractivity contribution in [3.8, 4) is 0 Å². The number of carbonyl (C=O) groups is 2. The highest BCUT2D eigenvalue weighted by Gasteiger charge is 2.48. The molecule has 9 nitrogen and oxygen atoms in total. The first-order valence-corrected chi connectivity index (χ1v) is 7.73. The Kier molecular flexibility index (Phi) is 10.6. The molecule has 0 bridgehead atoms. The molecule has 0 spiro atoms. The van der Waals surface area contributed by atoms with E-state index in [1.165, 1.54) is 0 Å². The first-order valence-electron chi connectivity index (χ1n) is 6.23. The fraction of sp³-hybridized carbons (Fsp3) is 0.833. The van der Waals surface area contributed by atoms with E-state index in [-0.39, 0.29) is 37.0 Å². The van der Waals surface area contributed by atoms with Gasteiger partial charge in [-0.05, 0) is 24.7 Å². The van der Waals surface area contributed by atoms with E-state index in [4.69, 9.17) is 4.55 Å². The summed E-state index contributed by atoms with van der Waals surface area (Å²) < 4.78 is 31.8. The van der Waals surface area contributed by atoms with Crippen molar-refractivity contribution in [1.82, 2.24) is 12.3 Å². The van der Waals surface area contributed by atoms with Crippen molar-refractivity contribution in [2.24, 2.45) is 17.3 Å². The van der Waals surface area contributed by atoms with Gasteiger partial charge in [0.1, 0.15) is 5.25 Å². The van der Waals surface area contributed by atoms with Crippen LogP contribution in [-0.2, 0) is 19.7 Å². The number of carboxylic acids is 2. The van der Waals surface area contributed by atoms with Gasteiger partial charge in [-0.25, -0.2) is 0 Å². The third-order valence-corrected chi connectivity index (χ3v) is 4.20. The number of aliphatic carboxylic acids is 2. The minimum absolute atomic E-state index is 0. The van der Waals surface area contributed by atoms with Crippen LogP contribution >= 0.6 is 0 Å². The minimum atomic E-state index is -5.14. The Morgan fingerprint density at radius 1 is 1.00 bits per heavy atom. The summed E-state index contributed by atoms with van der Waals surface area (Å²) in [6, 6.07) is 0. The van der Waals surface area contributed by atoms with Crippen LogP contribution in [0, 0.1) is 17.3 Å². The third-order valence-electron chi connectivity index (χ3n) is 2.97. The van der Waals surface area contributed by atoms with Crippen molar-refractivity contribution in [1.29, 1.82) is 0 Å². The van der Waals surface area contributed by atoms with Gasteiger partial charge >= 0.3 is 0 Å². The predicted molar refractivity (Wildman–Crippen MR) is 78.7 cm³/mol. The smallest absolute Gasteiger partial charge is 0.274 e.